The summed E-state index contributed by atoms with van der Waals surface area (Å²) in [6.07, 6.45) is 0. The highest BCUT2D eigenvalue weighted by Gasteiger charge is 2.14. The van der Waals surface area contributed by atoms with Crippen molar-refractivity contribution in [3.05, 3.63) is 5.01 Å². The molecule has 1 heterocycles. The van der Waals surface area contributed by atoms with Gasteiger partial charge in [0.05, 0.1) is 0 Å². The lowest BCUT2D eigenvalue weighted by molar-refractivity contribution is -0.119. The third-order valence-electron chi connectivity index (χ3n) is 1.97. The van der Waals surface area contributed by atoms with E-state index in [0.717, 1.165) is 5.01 Å². The van der Waals surface area contributed by atoms with Crippen molar-refractivity contribution in [2.24, 2.45) is 11.7 Å². The van der Waals surface area contributed by atoms with Gasteiger partial charge in [-0.3, -0.25) is 4.79 Å². The van der Waals surface area contributed by atoms with Gasteiger partial charge in [0.25, 0.3) is 0 Å². The predicted octanol–water partition coefficient (Wildman–Crippen LogP) is 1.19. The Morgan fingerprint density at radius 2 is 2.13 bits per heavy atom. The van der Waals surface area contributed by atoms with E-state index in [2.05, 4.69) is 15.5 Å². The lowest BCUT2D eigenvalue weighted by Crippen LogP contribution is -2.26. The Labute approximate surface area is 93.1 Å². The fraction of sp³-hybridized carbons (Fsp3) is 0.667. The first-order chi connectivity index (χ1) is 7.04. The molecule has 0 aliphatic carbocycles. The highest BCUT2D eigenvalue weighted by Crippen LogP contribution is 2.22. The number of hydrogen-bond donors (Lipinski definition) is 2. The standard InChI is InChI=1S/C9H16N4OS/c1-5(2)8-12-13-9(15-8)11-7(14)6(3)4-10/h5-6H,4,10H2,1-3H3,(H,11,13,14). The molecule has 15 heavy (non-hydrogen) atoms. The summed E-state index contributed by atoms with van der Waals surface area (Å²) < 4.78 is 0. The Bertz CT molecular complexity index is 337. The van der Waals surface area contributed by atoms with Crippen LogP contribution in [0.1, 0.15) is 31.7 Å². The highest BCUT2D eigenvalue weighted by atomic mass is 32.1. The van der Waals surface area contributed by atoms with Crippen LogP contribution in [0.2, 0.25) is 0 Å². The molecule has 0 aliphatic heterocycles. The first kappa shape index (κ1) is 12.1. The van der Waals surface area contributed by atoms with E-state index < -0.39 is 0 Å². The molecule has 0 bridgehead atoms. The molecule has 0 radical (unpaired) electrons. The van der Waals surface area contributed by atoms with Crippen molar-refractivity contribution in [1.29, 1.82) is 0 Å². The van der Waals surface area contributed by atoms with Crippen molar-refractivity contribution in [2.75, 3.05) is 11.9 Å². The number of anilines is 1. The Hall–Kier alpha value is -1.01. The van der Waals surface area contributed by atoms with Gasteiger partial charge in [0.15, 0.2) is 0 Å². The predicted molar refractivity (Wildman–Crippen MR) is 60.8 cm³/mol. The highest BCUT2D eigenvalue weighted by molar-refractivity contribution is 7.15. The van der Waals surface area contributed by atoms with E-state index in [0.29, 0.717) is 17.6 Å². The van der Waals surface area contributed by atoms with Gasteiger partial charge in [-0.25, -0.2) is 0 Å². The minimum Gasteiger partial charge on any atom is -0.330 e. The zero-order chi connectivity index (χ0) is 11.4. The van der Waals surface area contributed by atoms with Crippen molar-refractivity contribution in [2.45, 2.75) is 26.7 Å². The molecule has 1 aromatic heterocycles. The Kier molecular flexibility index (Phi) is 4.16. The molecule has 0 spiro atoms. The average molecular weight is 228 g/mol. The number of nitrogens with two attached hydrogens (primary N) is 1. The summed E-state index contributed by atoms with van der Waals surface area (Å²) in [6.45, 7) is 6.19. The molecular weight excluding hydrogens is 212 g/mol. The molecule has 0 fully saturated rings. The molecule has 6 heteroatoms. The fourth-order valence-corrected chi connectivity index (χ4v) is 1.60. The van der Waals surface area contributed by atoms with Gasteiger partial charge in [0.1, 0.15) is 5.01 Å². The van der Waals surface area contributed by atoms with E-state index >= 15 is 0 Å². The van der Waals surface area contributed by atoms with E-state index in [1.54, 1.807) is 6.92 Å². The Morgan fingerprint density at radius 1 is 1.47 bits per heavy atom. The largest absolute Gasteiger partial charge is 0.330 e. The molecule has 1 amide bonds. The molecule has 1 unspecified atom stereocenters. The number of hydrogen-bond acceptors (Lipinski definition) is 5. The summed E-state index contributed by atoms with van der Waals surface area (Å²) in [5, 5.41) is 12.0. The molecule has 1 rings (SSSR count). The number of aromatic nitrogens is 2. The van der Waals surface area contributed by atoms with Crippen LogP contribution in [0.15, 0.2) is 0 Å². The minimum atomic E-state index is -0.198. The van der Waals surface area contributed by atoms with Crippen molar-refractivity contribution in [3.63, 3.8) is 0 Å². The normalized spacial score (nSPS) is 12.9. The molecule has 1 aromatic rings. The topological polar surface area (TPSA) is 80.9 Å². The summed E-state index contributed by atoms with van der Waals surface area (Å²) >= 11 is 1.40. The van der Waals surface area contributed by atoms with Gasteiger partial charge in [-0.1, -0.05) is 32.1 Å². The summed E-state index contributed by atoms with van der Waals surface area (Å²) in [4.78, 5) is 11.5. The third-order valence-corrected chi connectivity index (χ3v) is 3.11. The second kappa shape index (κ2) is 5.18. The van der Waals surface area contributed by atoms with Crippen LogP contribution in [0.5, 0.6) is 0 Å². The maximum atomic E-state index is 11.5. The zero-order valence-corrected chi connectivity index (χ0v) is 9.97. The van der Waals surface area contributed by atoms with Crippen LogP contribution < -0.4 is 11.1 Å². The maximum Gasteiger partial charge on any atom is 0.230 e. The van der Waals surface area contributed by atoms with Gasteiger partial charge in [0.2, 0.25) is 11.0 Å². The second-order valence-corrected chi connectivity index (χ2v) is 4.74. The third kappa shape index (κ3) is 3.24. The lowest BCUT2D eigenvalue weighted by Gasteiger charge is -2.06. The van der Waals surface area contributed by atoms with Crippen LogP contribution in [0.4, 0.5) is 5.13 Å². The molecular formula is C9H16N4OS. The van der Waals surface area contributed by atoms with Crippen LogP contribution in [-0.2, 0) is 4.79 Å². The van der Waals surface area contributed by atoms with Crippen LogP contribution in [-0.4, -0.2) is 22.6 Å². The van der Waals surface area contributed by atoms with Gasteiger partial charge in [-0.15, -0.1) is 10.2 Å². The van der Waals surface area contributed by atoms with Crippen LogP contribution >= 0.6 is 11.3 Å². The lowest BCUT2D eigenvalue weighted by atomic mass is 10.2. The number of rotatable bonds is 4. The van der Waals surface area contributed by atoms with Gasteiger partial charge >= 0.3 is 0 Å². The van der Waals surface area contributed by atoms with Crippen LogP contribution in [0.25, 0.3) is 0 Å². The number of carbonyl (C=O) groups excluding carboxylic acids is 1. The molecule has 5 nitrogen and oxygen atoms in total. The summed E-state index contributed by atoms with van der Waals surface area (Å²) in [5.41, 5.74) is 5.39. The van der Waals surface area contributed by atoms with Crippen molar-refractivity contribution >= 4 is 22.4 Å². The minimum absolute atomic E-state index is 0.107. The van der Waals surface area contributed by atoms with Crippen LogP contribution in [0, 0.1) is 5.92 Å². The molecule has 3 N–H and O–H groups in total. The quantitative estimate of drug-likeness (QED) is 0.811. The molecule has 0 saturated heterocycles. The number of carbonyl (C=O) groups is 1. The molecule has 84 valence electrons. The van der Waals surface area contributed by atoms with Gasteiger partial charge < -0.3 is 11.1 Å². The average Bonchev–Trinajstić information content (AvgIpc) is 2.65. The monoisotopic (exact) mass is 228 g/mol. The number of amides is 1. The Balaban J connectivity index is 2.61. The first-order valence-corrected chi connectivity index (χ1v) is 5.70. The summed E-state index contributed by atoms with van der Waals surface area (Å²) in [6, 6.07) is 0. The maximum absolute atomic E-state index is 11.5. The number of nitrogens with one attached hydrogen (secondary N) is 1. The first-order valence-electron chi connectivity index (χ1n) is 4.89. The molecule has 0 aliphatic rings. The van der Waals surface area contributed by atoms with E-state index in [-0.39, 0.29) is 11.8 Å². The molecule has 0 aromatic carbocycles. The van der Waals surface area contributed by atoms with Gasteiger partial charge in [-0.05, 0) is 0 Å². The zero-order valence-electron chi connectivity index (χ0n) is 9.15. The molecule has 0 saturated carbocycles. The van der Waals surface area contributed by atoms with E-state index in [1.165, 1.54) is 11.3 Å². The van der Waals surface area contributed by atoms with Gasteiger partial charge in [0, 0.05) is 18.4 Å². The van der Waals surface area contributed by atoms with Crippen molar-refractivity contribution in [1.82, 2.24) is 10.2 Å². The smallest absolute Gasteiger partial charge is 0.230 e. The summed E-state index contributed by atoms with van der Waals surface area (Å²) in [7, 11) is 0. The van der Waals surface area contributed by atoms with Crippen molar-refractivity contribution in [3.8, 4) is 0 Å². The van der Waals surface area contributed by atoms with E-state index in [4.69, 9.17) is 5.73 Å². The molecule has 1 atom stereocenters. The SMILES string of the molecule is CC(CN)C(=O)Nc1nnc(C(C)C)s1. The fourth-order valence-electron chi connectivity index (χ4n) is 0.854. The second-order valence-electron chi connectivity index (χ2n) is 3.73. The number of nitrogens with zero attached hydrogens (tertiary/aromatic N) is 2. The van der Waals surface area contributed by atoms with E-state index in [9.17, 15) is 4.79 Å². The van der Waals surface area contributed by atoms with Crippen molar-refractivity contribution < 1.29 is 4.79 Å². The van der Waals surface area contributed by atoms with Crippen LogP contribution in [0.3, 0.4) is 0 Å². The van der Waals surface area contributed by atoms with E-state index in [1.807, 2.05) is 13.8 Å². The Morgan fingerprint density at radius 3 is 2.60 bits per heavy atom. The van der Waals surface area contributed by atoms with Gasteiger partial charge in [-0.2, -0.15) is 0 Å². The summed E-state index contributed by atoms with van der Waals surface area (Å²) in [5.74, 6) is 0.0282.